The Labute approximate surface area is 82.7 Å². The van der Waals surface area contributed by atoms with E-state index in [9.17, 15) is 9.59 Å². The number of aliphatic hydroxyl groups is 2. The molecule has 0 spiro atoms. The third-order valence-electron chi connectivity index (χ3n) is 2.23. The predicted molar refractivity (Wildman–Crippen MR) is 48.9 cm³/mol. The summed E-state index contributed by atoms with van der Waals surface area (Å²) < 4.78 is 0. The van der Waals surface area contributed by atoms with E-state index in [4.69, 9.17) is 10.2 Å². The molecule has 0 rings (SSSR count). The van der Waals surface area contributed by atoms with Crippen molar-refractivity contribution in [3.05, 3.63) is 0 Å². The molecule has 82 valence electrons. The highest BCUT2D eigenvalue weighted by Crippen LogP contribution is 2.14. The summed E-state index contributed by atoms with van der Waals surface area (Å²) in [5.74, 6) is -0.563. The van der Waals surface area contributed by atoms with Crippen LogP contribution >= 0.6 is 0 Å². The van der Waals surface area contributed by atoms with Crippen LogP contribution in [-0.2, 0) is 9.59 Å². The maximum Gasteiger partial charge on any atom is 0.250 e. The first-order chi connectivity index (χ1) is 6.41. The zero-order valence-corrected chi connectivity index (χ0v) is 8.60. The van der Waals surface area contributed by atoms with Crippen LogP contribution in [0.2, 0.25) is 0 Å². The number of carbonyl (C=O) groups is 2. The van der Waals surface area contributed by atoms with Crippen molar-refractivity contribution in [3.63, 3.8) is 0 Å². The van der Waals surface area contributed by atoms with Gasteiger partial charge in [0.15, 0.2) is 0 Å². The molecule has 0 bridgehead atoms. The summed E-state index contributed by atoms with van der Waals surface area (Å²) in [4.78, 5) is 24.0. The van der Waals surface area contributed by atoms with Gasteiger partial charge in [-0.2, -0.15) is 0 Å². The molecule has 0 saturated heterocycles. The molecule has 0 aliphatic rings. The lowest BCUT2D eigenvalue weighted by atomic mass is 10.0. The van der Waals surface area contributed by atoms with E-state index in [0.29, 0.717) is 4.90 Å². The fourth-order valence-electron chi connectivity index (χ4n) is 0.837. The Hall–Kier alpha value is -0.980. The van der Waals surface area contributed by atoms with Gasteiger partial charge in [-0.25, -0.2) is 0 Å². The zero-order chi connectivity index (χ0) is 11.4. The van der Waals surface area contributed by atoms with Crippen LogP contribution in [0.3, 0.4) is 0 Å². The molecule has 0 heterocycles. The average Bonchev–Trinajstić information content (AvgIpc) is 2.18. The van der Waals surface area contributed by atoms with Gasteiger partial charge in [-0.15, -0.1) is 0 Å². The number of likely N-dealkylation sites (N-methyl/N-ethyl adjacent to an activating group) is 1. The van der Waals surface area contributed by atoms with Crippen LogP contribution in [0, 0.1) is 0 Å². The fourth-order valence-corrected chi connectivity index (χ4v) is 0.837. The van der Waals surface area contributed by atoms with E-state index in [0.717, 1.165) is 0 Å². The molecule has 0 aromatic rings. The molecule has 0 aromatic carbocycles. The second kappa shape index (κ2) is 5.04. The van der Waals surface area contributed by atoms with Crippen LogP contribution in [0.4, 0.5) is 0 Å². The van der Waals surface area contributed by atoms with Crippen LogP contribution in [0.25, 0.3) is 0 Å². The number of amides is 2. The van der Waals surface area contributed by atoms with Crippen LogP contribution in [0.15, 0.2) is 0 Å². The Morgan fingerprint density at radius 2 is 1.86 bits per heavy atom. The lowest BCUT2D eigenvalue weighted by Crippen LogP contribution is -2.54. The van der Waals surface area contributed by atoms with E-state index >= 15 is 0 Å². The smallest absolute Gasteiger partial charge is 0.250 e. The van der Waals surface area contributed by atoms with Gasteiger partial charge in [-0.05, 0) is 20.9 Å². The number of rotatable bonds is 5. The van der Waals surface area contributed by atoms with Crippen LogP contribution in [0.5, 0.6) is 0 Å². The maximum atomic E-state index is 11.6. The second-order valence-electron chi connectivity index (χ2n) is 3.42. The van der Waals surface area contributed by atoms with Gasteiger partial charge in [-0.1, -0.05) is 0 Å². The number of nitrogens with zero attached hydrogens (tertiary/aromatic N) is 2. The van der Waals surface area contributed by atoms with Crippen molar-refractivity contribution in [2.24, 2.45) is 0 Å². The molecule has 0 radical (unpaired) electrons. The van der Waals surface area contributed by atoms with Gasteiger partial charge in [0, 0.05) is 0 Å². The Morgan fingerprint density at radius 1 is 1.36 bits per heavy atom. The highest BCUT2D eigenvalue weighted by molar-refractivity contribution is 5.92. The van der Waals surface area contributed by atoms with Crippen molar-refractivity contribution in [1.29, 1.82) is 0 Å². The van der Waals surface area contributed by atoms with Gasteiger partial charge in [0.05, 0.1) is 12.3 Å². The molecule has 0 saturated carbocycles. The average molecular weight is 204 g/mol. The molecule has 2 amide bonds. The Kier molecular flexibility index (Phi) is 4.69. The molecule has 0 aliphatic carbocycles. The fraction of sp³-hybridized carbons (Fsp3) is 0.750. The Balaban J connectivity index is 4.72. The SMILES string of the molecule is CN(CO)C(C)(C)C(=O)N(C=O)CO. The summed E-state index contributed by atoms with van der Waals surface area (Å²) in [6.07, 6.45) is 0.259. The van der Waals surface area contributed by atoms with E-state index in [1.165, 1.54) is 11.9 Å². The zero-order valence-electron chi connectivity index (χ0n) is 8.60. The maximum absolute atomic E-state index is 11.6. The Morgan fingerprint density at radius 3 is 2.14 bits per heavy atom. The van der Waals surface area contributed by atoms with E-state index < -0.39 is 18.2 Å². The minimum atomic E-state index is -1.03. The molecule has 0 atom stereocenters. The van der Waals surface area contributed by atoms with Crippen molar-refractivity contribution < 1.29 is 19.8 Å². The summed E-state index contributed by atoms with van der Waals surface area (Å²) in [7, 11) is 1.54. The molecule has 6 nitrogen and oxygen atoms in total. The third kappa shape index (κ3) is 2.50. The monoisotopic (exact) mass is 204 g/mol. The largest absolute Gasteiger partial charge is 0.381 e. The molecule has 2 N–H and O–H groups in total. The lowest BCUT2D eigenvalue weighted by Gasteiger charge is -2.34. The summed E-state index contributed by atoms with van der Waals surface area (Å²) in [6.45, 7) is 2.14. The molecule has 14 heavy (non-hydrogen) atoms. The molecule has 0 unspecified atom stereocenters. The summed E-state index contributed by atoms with van der Waals surface area (Å²) in [6, 6.07) is 0. The number of hydrogen-bond acceptors (Lipinski definition) is 5. The summed E-state index contributed by atoms with van der Waals surface area (Å²) >= 11 is 0. The van der Waals surface area contributed by atoms with Gasteiger partial charge < -0.3 is 10.2 Å². The highest BCUT2D eigenvalue weighted by atomic mass is 16.3. The van der Waals surface area contributed by atoms with Crippen molar-refractivity contribution in [3.8, 4) is 0 Å². The van der Waals surface area contributed by atoms with Gasteiger partial charge in [0.1, 0.15) is 6.73 Å². The first-order valence-electron chi connectivity index (χ1n) is 4.11. The van der Waals surface area contributed by atoms with Gasteiger partial charge in [0.2, 0.25) is 6.41 Å². The van der Waals surface area contributed by atoms with E-state index in [1.54, 1.807) is 13.8 Å². The van der Waals surface area contributed by atoms with Crippen LogP contribution in [0.1, 0.15) is 13.8 Å². The minimum absolute atomic E-state index is 0.259. The van der Waals surface area contributed by atoms with Gasteiger partial charge in [-0.3, -0.25) is 19.4 Å². The van der Waals surface area contributed by atoms with Crippen LogP contribution in [-0.4, -0.2) is 58.4 Å². The summed E-state index contributed by atoms with van der Waals surface area (Å²) in [5, 5.41) is 17.6. The molecular formula is C8H16N2O4. The minimum Gasteiger partial charge on any atom is -0.381 e. The van der Waals surface area contributed by atoms with Crippen molar-refractivity contribution >= 4 is 12.3 Å². The molecule has 0 fully saturated rings. The number of hydrogen-bond donors (Lipinski definition) is 2. The lowest BCUT2D eigenvalue weighted by molar-refractivity contribution is -0.152. The van der Waals surface area contributed by atoms with E-state index in [2.05, 4.69) is 0 Å². The highest BCUT2D eigenvalue weighted by Gasteiger charge is 2.35. The topological polar surface area (TPSA) is 81.1 Å². The van der Waals surface area contributed by atoms with Crippen molar-refractivity contribution in [2.45, 2.75) is 19.4 Å². The number of carbonyl (C=O) groups excluding carboxylic acids is 2. The third-order valence-corrected chi connectivity index (χ3v) is 2.23. The molecule has 0 aliphatic heterocycles. The normalized spacial score (nSPS) is 11.6. The second-order valence-corrected chi connectivity index (χ2v) is 3.42. The quantitative estimate of drug-likeness (QED) is 0.424. The molecule has 6 heteroatoms. The number of imide groups is 1. The predicted octanol–water partition coefficient (Wildman–Crippen LogP) is -1.42. The van der Waals surface area contributed by atoms with E-state index in [-0.39, 0.29) is 13.1 Å². The van der Waals surface area contributed by atoms with E-state index in [1.807, 2.05) is 0 Å². The van der Waals surface area contributed by atoms with Gasteiger partial charge >= 0.3 is 0 Å². The summed E-state index contributed by atoms with van der Waals surface area (Å²) in [5.41, 5.74) is -1.03. The first-order valence-corrected chi connectivity index (χ1v) is 4.11. The standard InChI is InChI=1S/C8H16N2O4/c1-8(2,9(3)4-11)7(14)10(5-12)6-13/h5,11,13H,4,6H2,1-3H3. The van der Waals surface area contributed by atoms with Crippen molar-refractivity contribution in [2.75, 3.05) is 20.5 Å². The van der Waals surface area contributed by atoms with Crippen molar-refractivity contribution in [1.82, 2.24) is 9.80 Å². The van der Waals surface area contributed by atoms with Crippen LogP contribution < -0.4 is 0 Å². The molecular weight excluding hydrogens is 188 g/mol. The first kappa shape index (κ1) is 13.0. The Bertz CT molecular complexity index is 217. The molecule has 0 aromatic heterocycles. The number of aliphatic hydroxyl groups excluding tert-OH is 2. The van der Waals surface area contributed by atoms with Gasteiger partial charge in [0.25, 0.3) is 5.91 Å².